The molecule has 0 aromatic carbocycles. The molecule has 6 heteroatoms. The van der Waals surface area contributed by atoms with Crippen molar-refractivity contribution in [3.63, 3.8) is 0 Å². The van der Waals surface area contributed by atoms with E-state index in [-0.39, 0.29) is 5.91 Å². The van der Waals surface area contributed by atoms with Gasteiger partial charge < -0.3 is 11.1 Å². The number of amides is 1. The second kappa shape index (κ2) is 6.05. The minimum absolute atomic E-state index is 0.160. The van der Waals surface area contributed by atoms with Crippen LogP contribution in [0.15, 0.2) is 30.6 Å². The molecular weight excluding hydrogens is 266 g/mol. The van der Waals surface area contributed by atoms with E-state index in [2.05, 4.69) is 15.4 Å². The van der Waals surface area contributed by atoms with Gasteiger partial charge in [0, 0.05) is 18.3 Å². The number of hydrogen-bond acceptors (Lipinski definition) is 4. The second-order valence-electron chi connectivity index (χ2n) is 5.63. The van der Waals surface area contributed by atoms with Gasteiger partial charge in [0.05, 0.1) is 17.5 Å². The molecule has 3 N–H and O–H groups in total. The molecule has 1 amide bonds. The summed E-state index contributed by atoms with van der Waals surface area (Å²) in [6.07, 6.45) is 3.96. The van der Waals surface area contributed by atoms with E-state index in [9.17, 15) is 4.79 Å². The van der Waals surface area contributed by atoms with Crippen molar-refractivity contribution in [1.29, 1.82) is 0 Å². The number of aromatic nitrogens is 3. The number of nitrogens with zero attached hydrogens (tertiary/aromatic N) is 3. The van der Waals surface area contributed by atoms with Crippen LogP contribution in [-0.4, -0.2) is 32.8 Å². The van der Waals surface area contributed by atoms with E-state index < -0.39 is 5.54 Å². The van der Waals surface area contributed by atoms with Crippen molar-refractivity contribution in [2.24, 2.45) is 5.73 Å². The van der Waals surface area contributed by atoms with Gasteiger partial charge >= 0.3 is 0 Å². The smallest absolute Gasteiger partial charge is 0.254 e. The van der Waals surface area contributed by atoms with Crippen molar-refractivity contribution in [3.05, 3.63) is 41.9 Å². The lowest BCUT2D eigenvalue weighted by Crippen LogP contribution is -2.45. The lowest BCUT2D eigenvalue weighted by molar-refractivity contribution is 0.0945. The fraction of sp³-hybridized carbons (Fsp3) is 0.400. The molecule has 6 nitrogen and oxygen atoms in total. The van der Waals surface area contributed by atoms with E-state index in [4.69, 9.17) is 5.73 Å². The molecule has 0 saturated carbocycles. The van der Waals surface area contributed by atoms with E-state index in [1.165, 1.54) is 0 Å². The number of carbonyl (C=O) groups is 1. The van der Waals surface area contributed by atoms with Crippen LogP contribution in [0.25, 0.3) is 5.82 Å². The molecule has 0 aliphatic carbocycles. The molecule has 0 spiro atoms. The maximum Gasteiger partial charge on any atom is 0.254 e. The highest BCUT2D eigenvalue weighted by Gasteiger charge is 2.19. The molecule has 0 fully saturated rings. The lowest BCUT2D eigenvalue weighted by Gasteiger charge is -2.18. The quantitative estimate of drug-likeness (QED) is 0.868. The Bertz CT molecular complexity index is 613. The molecule has 0 unspecified atom stereocenters. The first-order valence-electron chi connectivity index (χ1n) is 6.98. The number of rotatable bonds is 5. The summed E-state index contributed by atoms with van der Waals surface area (Å²) in [5.74, 6) is 0.542. The number of hydrogen-bond donors (Lipinski definition) is 2. The molecule has 0 radical (unpaired) electrons. The first kappa shape index (κ1) is 15.2. The molecule has 0 aliphatic heterocycles. The second-order valence-corrected chi connectivity index (χ2v) is 5.63. The Labute approximate surface area is 124 Å². The predicted molar refractivity (Wildman–Crippen MR) is 81.3 cm³/mol. The first-order valence-corrected chi connectivity index (χ1v) is 6.98. The average Bonchev–Trinajstić information content (AvgIpc) is 2.88. The number of nitrogens with two attached hydrogens (primary N) is 1. The predicted octanol–water partition coefficient (Wildman–Crippen LogP) is 1.30. The monoisotopic (exact) mass is 287 g/mol. The van der Waals surface area contributed by atoms with Crippen LogP contribution in [0.1, 0.15) is 36.8 Å². The molecule has 2 aromatic heterocycles. The van der Waals surface area contributed by atoms with Crippen LogP contribution in [-0.2, 0) is 6.42 Å². The van der Waals surface area contributed by atoms with Gasteiger partial charge in [-0.25, -0.2) is 9.67 Å². The lowest BCUT2D eigenvalue weighted by atomic mass is 10.1. The van der Waals surface area contributed by atoms with Crippen molar-refractivity contribution in [3.8, 4) is 5.82 Å². The van der Waals surface area contributed by atoms with Crippen LogP contribution in [0.3, 0.4) is 0 Å². The summed E-state index contributed by atoms with van der Waals surface area (Å²) in [5, 5.41) is 7.13. The zero-order valence-corrected chi connectivity index (χ0v) is 12.6. The Morgan fingerprint density at radius 2 is 2.19 bits per heavy atom. The van der Waals surface area contributed by atoms with Gasteiger partial charge in [0.2, 0.25) is 0 Å². The summed E-state index contributed by atoms with van der Waals surface area (Å²) < 4.78 is 1.70. The van der Waals surface area contributed by atoms with Crippen LogP contribution in [0, 0.1) is 0 Å². The number of carbonyl (C=O) groups excluding carboxylic acids is 1. The Morgan fingerprint density at radius 1 is 1.43 bits per heavy atom. The van der Waals surface area contributed by atoms with Gasteiger partial charge in [0.15, 0.2) is 5.82 Å². The zero-order valence-electron chi connectivity index (χ0n) is 12.6. The fourth-order valence-corrected chi connectivity index (χ4v) is 1.98. The van der Waals surface area contributed by atoms with Gasteiger partial charge in [0.25, 0.3) is 5.91 Å². The minimum Gasteiger partial charge on any atom is -0.350 e. The Morgan fingerprint density at radius 3 is 2.76 bits per heavy atom. The summed E-state index contributed by atoms with van der Waals surface area (Å²) in [7, 11) is 0. The van der Waals surface area contributed by atoms with E-state index in [0.29, 0.717) is 24.3 Å². The Kier molecular flexibility index (Phi) is 4.37. The molecule has 21 heavy (non-hydrogen) atoms. The van der Waals surface area contributed by atoms with Crippen LogP contribution in [0.5, 0.6) is 0 Å². The van der Waals surface area contributed by atoms with Crippen LogP contribution in [0.4, 0.5) is 0 Å². The summed E-state index contributed by atoms with van der Waals surface area (Å²) >= 11 is 0. The molecule has 112 valence electrons. The zero-order chi connectivity index (χ0) is 15.5. The topological polar surface area (TPSA) is 85.8 Å². The van der Waals surface area contributed by atoms with Gasteiger partial charge in [-0.3, -0.25) is 4.79 Å². The third kappa shape index (κ3) is 3.66. The Hall–Kier alpha value is -2.21. The first-order chi connectivity index (χ1) is 9.92. The largest absolute Gasteiger partial charge is 0.350 e. The number of pyridine rings is 1. The highest BCUT2D eigenvalue weighted by atomic mass is 16.1. The minimum atomic E-state index is -0.445. The highest BCUT2D eigenvalue weighted by molar-refractivity contribution is 5.95. The van der Waals surface area contributed by atoms with Crippen molar-refractivity contribution < 1.29 is 4.79 Å². The third-order valence-electron chi connectivity index (χ3n) is 3.02. The molecule has 0 atom stereocenters. The van der Waals surface area contributed by atoms with Gasteiger partial charge in [0.1, 0.15) is 0 Å². The normalized spacial score (nSPS) is 11.4. The van der Waals surface area contributed by atoms with Crippen molar-refractivity contribution >= 4 is 5.91 Å². The van der Waals surface area contributed by atoms with Crippen molar-refractivity contribution in [2.45, 2.75) is 32.7 Å². The van der Waals surface area contributed by atoms with Gasteiger partial charge in [-0.1, -0.05) is 13.0 Å². The van der Waals surface area contributed by atoms with E-state index in [1.807, 2.05) is 39.0 Å². The SMILES string of the molecule is CCc1c(C(=O)NCC(C)(C)N)cnn1-c1ccccn1. The van der Waals surface area contributed by atoms with Crippen molar-refractivity contribution in [1.82, 2.24) is 20.1 Å². The summed E-state index contributed by atoms with van der Waals surface area (Å²) in [6, 6.07) is 5.59. The van der Waals surface area contributed by atoms with E-state index in [0.717, 1.165) is 5.69 Å². The molecule has 2 aromatic rings. The van der Waals surface area contributed by atoms with Gasteiger partial charge in [-0.15, -0.1) is 0 Å². The van der Waals surface area contributed by atoms with Crippen molar-refractivity contribution in [2.75, 3.05) is 6.54 Å². The highest BCUT2D eigenvalue weighted by Crippen LogP contribution is 2.14. The molecule has 2 rings (SSSR count). The summed E-state index contributed by atoms with van der Waals surface area (Å²) in [5.41, 5.74) is 6.83. The Balaban J connectivity index is 2.26. The molecule has 0 aliphatic rings. The van der Waals surface area contributed by atoms with Crippen LogP contribution >= 0.6 is 0 Å². The summed E-state index contributed by atoms with van der Waals surface area (Å²) in [6.45, 7) is 6.13. The number of nitrogens with one attached hydrogen (secondary N) is 1. The van der Waals surface area contributed by atoms with Gasteiger partial charge in [-0.05, 0) is 32.4 Å². The van der Waals surface area contributed by atoms with E-state index >= 15 is 0 Å². The van der Waals surface area contributed by atoms with Crippen LogP contribution in [0.2, 0.25) is 0 Å². The molecule has 0 saturated heterocycles. The fourth-order valence-electron chi connectivity index (χ4n) is 1.98. The maximum absolute atomic E-state index is 12.3. The molecular formula is C15H21N5O. The van der Waals surface area contributed by atoms with Gasteiger partial charge in [-0.2, -0.15) is 5.10 Å². The van der Waals surface area contributed by atoms with Crippen LogP contribution < -0.4 is 11.1 Å². The van der Waals surface area contributed by atoms with E-state index in [1.54, 1.807) is 17.1 Å². The third-order valence-corrected chi connectivity index (χ3v) is 3.02. The maximum atomic E-state index is 12.3. The standard InChI is InChI=1S/C15H21N5O/c1-4-12-11(14(21)18-10-15(2,3)16)9-19-20(12)13-7-5-6-8-17-13/h5-9H,4,10,16H2,1-3H3,(H,18,21). The average molecular weight is 287 g/mol. The molecule has 0 bridgehead atoms. The summed E-state index contributed by atoms with van der Waals surface area (Å²) in [4.78, 5) is 16.5. The molecule has 2 heterocycles.